The third kappa shape index (κ3) is 2.56. The summed E-state index contributed by atoms with van der Waals surface area (Å²) in [6.45, 7) is 5.05. The molecule has 16 heavy (non-hydrogen) atoms. The maximum atomic E-state index is 9.39. The van der Waals surface area contributed by atoms with E-state index in [4.69, 9.17) is 4.74 Å². The number of aliphatic hydroxyl groups excluding tert-OH is 1. The van der Waals surface area contributed by atoms with Crippen molar-refractivity contribution < 1.29 is 9.84 Å². The molecular weight excluding hydrogens is 204 g/mol. The minimum atomic E-state index is 0.0466. The summed E-state index contributed by atoms with van der Waals surface area (Å²) >= 11 is 0. The number of hydrogen-bond donors (Lipinski definition) is 1. The molecule has 0 radical (unpaired) electrons. The first-order valence-electron chi connectivity index (χ1n) is 6.23. The SMILES string of the molecule is CN(C)C1CCN(CC2(CO)COC2)CC1. The monoisotopic (exact) mass is 228 g/mol. The normalized spacial score (nSPS) is 27.0. The van der Waals surface area contributed by atoms with Gasteiger partial charge in [0.2, 0.25) is 0 Å². The van der Waals surface area contributed by atoms with Crippen LogP contribution in [-0.2, 0) is 4.74 Å². The molecule has 4 heteroatoms. The lowest BCUT2D eigenvalue weighted by molar-refractivity contribution is -0.150. The van der Waals surface area contributed by atoms with Crippen molar-refractivity contribution in [2.75, 3.05) is 53.6 Å². The lowest BCUT2D eigenvalue weighted by Crippen LogP contribution is -2.55. The summed E-state index contributed by atoms with van der Waals surface area (Å²) in [6, 6.07) is 0.735. The highest BCUT2D eigenvalue weighted by atomic mass is 16.5. The third-order valence-corrected chi connectivity index (χ3v) is 4.00. The van der Waals surface area contributed by atoms with Gasteiger partial charge in [0.05, 0.1) is 25.2 Å². The number of nitrogens with zero attached hydrogens (tertiary/aromatic N) is 2. The molecule has 4 nitrogen and oxygen atoms in total. The molecule has 0 aliphatic carbocycles. The van der Waals surface area contributed by atoms with Crippen LogP contribution in [0.2, 0.25) is 0 Å². The van der Waals surface area contributed by atoms with Crippen molar-refractivity contribution in [2.24, 2.45) is 5.41 Å². The predicted octanol–water partition coefficient (Wildman–Crippen LogP) is 0.0213. The molecule has 2 aliphatic heterocycles. The van der Waals surface area contributed by atoms with E-state index in [1.165, 1.54) is 12.8 Å². The van der Waals surface area contributed by atoms with E-state index < -0.39 is 0 Å². The van der Waals surface area contributed by atoms with Gasteiger partial charge < -0.3 is 19.6 Å². The van der Waals surface area contributed by atoms with E-state index in [0.29, 0.717) is 0 Å². The van der Waals surface area contributed by atoms with Crippen LogP contribution in [0.5, 0.6) is 0 Å². The van der Waals surface area contributed by atoms with E-state index in [-0.39, 0.29) is 12.0 Å². The van der Waals surface area contributed by atoms with Crippen molar-refractivity contribution in [3.63, 3.8) is 0 Å². The average molecular weight is 228 g/mol. The first-order chi connectivity index (χ1) is 7.65. The van der Waals surface area contributed by atoms with Crippen molar-refractivity contribution in [3.05, 3.63) is 0 Å². The number of hydrogen-bond acceptors (Lipinski definition) is 4. The van der Waals surface area contributed by atoms with Crippen LogP contribution < -0.4 is 0 Å². The second-order valence-corrected chi connectivity index (χ2v) is 5.62. The van der Waals surface area contributed by atoms with Crippen LogP contribution in [0, 0.1) is 5.41 Å². The van der Waals surface area contributed by atoms with Gasteiger partial charge in [0.15, 0.2) is 0 Å². The zero-order chi connectivity index (χ0) is 11.6. The highest BCUT2D eigenvalue weighted by Crippen LogP contribution is 2.29. The maximum absolute atomic E-state index is 9.39. The van der Waals surface area contributed by atoms with Gasteiger partial charge in [-0.3, -0.25) is 0 Å². The maximum Gasteiger partial charge on any atom is 0.0579 e. The Balaban J connectivity index is 1.76. The van der Waals surface area contributed by atoms with Crippen molar-refractivity contribution in [1.29, 1.82) is 0 Å². The highest BCUT2D eigenvalue weighted by Gasteiger charge is 2.40. The number of likely N-dealkylation sites (tertiary alicyclic amines) is 1. The van der Waals surface area contributed by atoms with Crippen LogP contribution in [0.1, 0.15) is 12.8 Å². The molecular formula is C12H24N2O2. The minimum absolute atomic E-state index is 0.0466. The van der Waals surface area contributed by atoms with Crippen molar-refractivity contribution in [2.45, 2.75) is 18.9 Å². The Morgan fingerprint density at radius 2 is 1.94 bits per heavy atom. The molecule has 2 fully saturated rings. The van der Waals surface area contributed by atoms with Gasteiger partial charge in [-0.2, -0.15) is 0 Å². The number of piperidine rings is 1. The Morgan fingerprint density at radius 3 is 2.31 bits per heavy atom. The Labute approximate surface area is 98.2 Å². The first kappa shape index (κ1) is 12.3. The lowest BCUT2D eigenvalue weighted by atomic mass is 9.85. The smallest absolute Gasteiger partial charge is 0.0579 e. The molecule has 94 valence electrons. The molecule has 0 atom stereocenters. The van der Waals surface area contributed by atoms with Crippen molar-refractivity contribution in [3.8, 4) is 0 Å². The Hall–Kier alpha value is -0.160. The molecule has 2 heterocycles. The van der Waals surface area contributed by atoms with Crippen LogP contribution in [-0.4, -0.2) is 74.5 Å². The summed E-state index contributed by atoms with van der Waals surface area (Å²) < 4.78 is 5.24. The predicted molar refractivity (Wildman–Crippen MR) is 63.5 cm³/mol. The Kier molecular flexibility index (Phi) is 3.85. The van der Waals surface area contributed by atoms with E-state index in [9.17, 15) is 5.11 Å². The number of ether oxygens (including phenoxy) is 1. The van der Waals surface area contributed by atoms with Crippen LogP contribution in [0.25, 0.3) is 0 Å². The van der Waals surface area contributed by atoms with Gasteiger partial charge in [-0.1, -0.05) is 0 Å². The standard InChI is InChI=1S/C12H24N2O2/c1-13(2)11-3-5-14(6-4-11)7-12(8-15)9-16-10-12/h11,15H,3-10H2,1-2H3. The van der Waals surface area contributed by atoms with Crippen LogP contribution in [0.15, 0.2) is 0 Å². The quantitative estimate of drug-likeness (QED) is 0.736. The van der Waals surface area contributed by atoms with Crippen LogP contribution in [0.3, 0.4) is 0 Å². The summed E-state index contributed by atoms with van der Waals surface area (Å²) in [5.74, 6) is 0. The second-order valence-electron chi connectivity index (χ2n) is 5.62. The lowest BCUT2D eigenvalue weighted by Gasteiger charge is -2.45. The molecule has 1 N–H and O–H groups in total. The molecule has 0 aromatic carbocycles. The van der Waals surface area contributed by atoms with E-state index >= 15 is 0 Å². The zero-order valence-electron chi connectivity index (χ0n) is 10.5. The summed E-state index contributed by atoms with van der Waals surface area (Å²) in [7, 11) is 4.32. The van der Waals surface area contributed by atoms with Crippen molar-refractivity contribution >= 4 is 0 Å². The van der Waals surface area contributed by atoms with Crippen LogP contribution in [0.4, 0.5) is 0 Å². The molecule has 0 unspecified atom stereocenters. The largest absolute Gasteiger partial charge is 0.396 e. The fourth-order valence-electron chi connectivity index (χ4n) is 2.69. The van der Waals surface area contributed by atoms with Gasteiger partial charge in [0, 0.05) is 12.6 Å². The number of rotatable bonds is 4. The third-order valence-electron chi connectivity index (χ3n) is 4.00. The molecule has 0 amide bonds. The molecule has 0 aromatic rings. The minimum Gasteiger partial charge on any atom is -0.396 e. The zero-order valence-corrected chi connectivity index (χ0v) is 10.5. The van der Waals surface area contributed by atoms with Crippen LogP contribution >= 0.6 is 0 Å². The summed E-state index contributed by atoms with van der Waals surface area (Å²) in [5, 5.41) is 9.39. The summed E-state index contributed by atoms with van der Waals surface area (Å²) in [4.78, 5) is 4.81. The van der Waals surface area contributed by atoms with Gasteiger partial charge in [-0.05, 0) is 40.0 Å². The molecule has 2 rings (SSSR count). The van der Waals surface area contributed by atoms with E-state index in [0.717, 1.165) is 38.9 Å². The fraction of sp³-hybridized carbons (Fsp3) is 1.00. The molecule has 0 spiro atoms. The van der Waals surface area contributed by atoms with Gasteiger partial charge in [-0.15, -0.1) is 0 Å². The fourth-order valence-corrected chi connectivity index (χ4v) is 2.69. The van der Waals surface area contributed by atoms with Crippen molar-refractivity contribution in [1.82, 2.24) is 9.80 Å². The summed E-state index contributed by atoms with van der Waals surface area (Å²) in [6.07, 6.45) is 2.49. The van der Waals surface area contributed by atoms with E-state index in [1.807, 2.05) is 0 Å². The van der Waals surface area contributed by atoms with Gasteiger partial charge in [0.25, 0.3) is 0 Å². The summed E-state index contributed by atoms with van der Waals surface area (Å²) in [5.41, 5.74) is 0.0466. The topological polar surface area (TPSA) is 35.9 Å². The molecule has 0 bridgehead atoms. The van der Waals surface area contributed by atoms with E-state index in [1.54, 1.807) is 0 Å². The first-order valence-corrected chi connectivity index (χ1v) is 6.23. The Bertz CT molecular complexity index is 216. The second kappa shape index (κ2) is 5.00. The van der Waals surface area contributed by atoms with Gasteiger partial charge in [0.1, 0.15) is 0 Å². The van der Waals surface area contributed by atoms with Gasteiger partial charge >= 0.3 is 0 Å². The van der Waals surface area contributed by atoms with Gasteiger partial charge in [-0.25, -0.2) is 0 Å². The molecule has 0 aromatic heterocycles. The molecule has 2 saturated heterocycles. The number of aliphatic hydroxyl groups is 1. The average Bonchev–Trinajstić information content (AvgIpc) is 2.24. The molecule has 2 aliphatic rings. The molecule has 0 saturated carbocycles. The highest BCUT2D eigenvalue weighted by molar-refractivity contribution is 4.90. The Morgan fingerprint density at radius 1 is 1.31 bits per heavy atom. The van der Waals surface area contributed by atoms with E-state index in [2.05, 4.69) is 23.9 Å².